The lowest BCUT2D eigenvalue weighted by Gasteiger charge is -2.26. The predicted molar refractivity (Wildman–Crippen MR) is 132 cm³/mol. The highest BCUT2D eigenvalue weighted by molar-refractivity contribution is 5.83. The van der Waals surface area contributed by atoms with Gasteiger partial charge in [-0.2, -0.15) is 0 Å². The summed E-state index contributed by atoms with van der Waals surface area (Å²) in [6.07, 6.45) is 1.91. The second kappa shape index (κ2) is 12.5. The van der Waals surface area contributed by atoms with Gasteiger partial charge in [-0.25, -0.2) is 4.39 Å². The van der Waals surface area contributed by atoms with Crippen molar-refractivity contribution in [2.45, 2.75) is 64.2 Å². The maximum absolute atomic E-state index is 13.3. The fraction of sp³-hybridized carbons (Fsp3) is 0.481. The van der Waals surface area contributed by atoms with Crippen LogP contribution in [0.5, 0.6) is 5.75 Å². The van der Waals surface area contributed by atoms with Gasteiger partial charge in [0, 0.05) is 24.2 Å². The number of hydrogen-bond acceptors (Lipinski definition) is 5. The number of benzene rings is 2. The van der Waals surface area contributed by atoms with Gasteiger partial charge in [0.1, 0.15) is 18.1 Å². The molecule has 0 aliphatic heterocycles. The second-order valence-electron chi connectivity index (χ2n) is 9.39. The van der Waals surface area contributed by atoms with Crippen molar-refractivity contribution in [2.24, 2.45) is 5.92 Å². The van der Waals surface area contributed by atoms with Crippen LogP contribution in [0.15, 0.2) is 48.5 Å². The first-order valence-corrected chi connectivity index (χ1v) is 12.2. The highest BCUT2D eigenvalue weighted by Gasteiger charge is 2.32. The zero-order valence-electron chi connectivity index (χ0n) is 20.3. The number of amides is 1. The summed E-state index contributed by atoms with van der Waals surface area (Å²) >= 11 is 0. The van der Waals surface area contributed by atoms with Crippen LogP contribution in [0.3, 0.4) is 0 Å². The molecule has 0 spiro atoms. The summed E-state index contributed by atoms with van der Waals surface area (Å²) in [7, 11) is 0. The van der Waals surface area contributed by atoms with Crippen LogP contribution >= 0.6 is 0 Å². The molecule has 190 valence electrons. The van der Waals surface area contributed by atoms with Crippen molar-refractivity contribution in [3.63, 3.8) is 0 Å². The summed E-state index contributed by atoms with van der Waals surface area (Å²) in [6.45, 7) is 3.77. The summed E-state index contributed by atoms with van der Waals surface area (Å²) in [5.74, 6) is -1.25. The van der Waals surface area contributed by atoms with Gasteiger partial charge in [0.05, 0.1) is 18.2 Å². The predicted octanol–water partition coefficient (Wildman–Crippen LogP) is 4.10. The largest absolute Gasteiger partial charge is 0.491 e. The van der Waals surface area contributed by atoms with Crippen LogP contribution < -0.4 is 10.1 Å². The Morgan fingerprint density at radius 3 is 2.51 bits per heavy atom. The zero-order chi connectivity index (χ0) is 25.4. The number of aliphatic hydroxyl groups excluding tert-OH is 1. The average molecular weight is 487 g/mol. The molecule has 35 heavy (non-hydrogen) atoms. The van der Waals surface area contributed by atoms with E-state index in [-0.39, 0.29) is 42.9 Å². The highest BCUT2D eigenvalue weighted by atomic mass is 19.1. The van der Waals surface area contributed by atoms with Gasteiger partial charge >= 0.3 is 5.97 Å². The van der Waals surface area contributed by atoms with Crippen LogP contribution in [0.25, 0.3) is 0 Å². The minimum Gasteiger partial charge on any atom is -0.491 e. The van der Waals surface area contributed by atoms with Crippen molar-refractivity contribution >= 4 is 17.6 Å². The smallest absolute Gasteiger partial charge is 0.323 e. The van der Waals surface area contributed by atoms with E-state index in [0.717, 1.165) is 17.0 Å². The quantitative estimate of drug-likeness (QED) is 0.438. The number of nitrogens with one attached hydrogen (secondary N) is 1. The number of carbonyl (C=O) groups excluding carboxylic acids is 1. The normalized spacial score (nSPS) is 20.2. The first-order chi connectivity index (χ1) is 16.7. The minimum absolute atomic E-state index is 0.0531. The second-order valence-corrected chi connectivity index (χ2v) is 9.39. The van der Waals surface area contributed by atoms with Crippen LogP contribution in [0.2, 0.25) is 0 Å². The summed E-state index contributed by atoms with van der Waals surface area (Å²) in [4.78, 5) is 26.0. The minimum atomic E-state index is -1.07. The number of hydrogen-bond donors (Lipinski definition) is 3. The molecule has 1 amide bonds. The SMILES string of the molecule is CC(C)Oc1cccc(N[C@H]2CC[C@@H](C(=O)N(CCc3ccc(F)cc3)CC(=O)O)CC[C@@H]2O)c1. The molecule has 0 bridgehead atoms. The van der Waals surface area contributed by atoms with Crippen LogP contribution in [0.4, 0.5) is 10.1 Å². The summed E-state index contributed by atoms with van der Waals surface area (Å²) in [6, 6.07) is 13.3. The third-order valence-electron chi connectivity index (χ3n) is 6.23. The standard InChI is InChI=1S/C27H35FN2O5/c1-18(2)35-23-5-3-4-22(16-23)29-24-12-8-20(9-13-25(24)31)27(34)30(17-26(32)33)15-14-19-6-10-21(28)11-7-19/h3-7,10-11,16,18,20,24-25,29,31H,8-9,12-15,17H2,1-2H3,(H,32,33)/t20-,24+,25+/m1/s1. The molecule has 3 atom stereocenters. The number of aliphatic carboxylic acids is 1. The van der Waals surface area contributed by atoms with E-state index in [2.05, 4.69) is 5.32 Å². The van der Waals surface area contributed by atoms with E-state index in [9.17, 15) is 24.2 Å². The number of carbonyl (C=O) groups is 2. The van der Waals surface area contributed by atoms with Crippen molar-refractivity contribution < 1.29 is 28.9 Å². The van der Waals surface area contributed by atoms with Gasteiger partial charge in [-0.05, 0) is 75.8 Å². The van der Waals surface area contributed by atoms with Gasteiger partial charge < -0.3 is 25.2 Å². The Kier molecular flexibility index (Phi) is 9.48. The lowest BCUT2D eigenvalue weighted by molar-refractivity contribution is -0.146. The van der Waals surface area contributed by atoms with Crippen LogP contribution in [-0.4, -0.2) is 58.3 Å². The molecule has 0 aromatic heterocycles. The molecule has 1 aliphatic carbocycles. The molecule has 2 aromatic carbocycles. The summed E-state index contributed by atoms with van der Waals surface area (Å²) < 4.78 is 18.9. The summed E-state index contributed by atoms with van der Waals surface area (Å²) in [5, 5.41) is 23.5. The maximum atomic E-state index is 13.3. The number of carboxylic acids is 1. The Bertz CT molecular complexity index is 982. The molecule has 1 saturated carbocycles. The fourth-order valence-corrected chi connectivity index (χ4v) is 4.46. The van der Waals surface area contributed by atoms with Crippen LogP contribution in [-0.2, 0) is 16.0 Å². The molecule has 0 heterocycles. The third kappa shape index (κ3) is 8.24. The van der Waals surface area contributed by atoms with E-state index in [1.807, 2.05) is 38.1 Å². The average Bonchev–Trinajstić information content (AvgIpc) is 2.98. The van der Waals surface area contributed by atoms with Crippen molar-refractivity contribution in [1.29, 1.82) is 0 Å². The van der Waals surface area contributed by atoms with Gasteiger partial charge in [-0.15, -0.1) is 0 Å². The van der Waals surface area contributed by atoms with E-state index in [0.29, 0.717) is 32.1 Å². The molecular weight excluding hydrogens is 451 g/mol. The van der Waals surface area contributed by atoms with E-state index in [1.165, 1.54) is 17.0 Å². The first kappa shape index (κ1) is 26.5. The van der Waals surface area contributed by atoms with Crippen molar-refractivity contribution in [1.82, 2.24) is 4.90 Å². The van der Waals surface area contributed by atoms with Gasteiger partial charge in [-0.3, -0.25) is 9.59 Å². The maximum Gasteiger partial charge on any atom is 0.323 e. The van der Waals surface area contributed by atoms with E-state index in [4.69, 9.17) is 4.74 Å². The van der Waals surface area contributed by atoms with Crippen LogP contribution in [0.1, 0.15) is 45.1 Å². The topological polar surface area (TPSA) is 99.1 Å². The Morgan fingerprint density at radius 2 is 1.83 bits per heavy atom. The fourth-order valence-electron chi connectivity index (χ4n) is 4.46. The number of halogens is 1. The number of anilines is 1. The monoisotopic (exact) mass is 486 g/mol. The number of carboxylic acid groups (broad SMARTS) is 1. The highest BCUT2D eigenvalue weighted by Crippen LogP contribution is 2.28. The molecule has 0 radical (unpaired) electrons. The van der Waals surface area contributed by atoms with Gasteiger partial charge in [-0.1, -0.05) is 18.2 Å². The van der Waals surface area contributed by atoms with E-state index >= 15 is 0 Å². The number of aliphatic hydroxyl groups is 1. The van der Waals surface area contributed by atoms with Crippen molar-refractivity contribution in [2.75, 3.05) is 18.4 Å². The first-order valence-electron chi connectivity index (χ1n) is 12.2. The van der Waals surface area contributed by atoms with E-state index in [1.54, 1.807) is 12.1 Å². The summed E-state index contributed by atoms with van der Waals surface area (Å²) in [5.41, 5.74) is 1.67. The molecule has 1 aliphatic rings. The van der Waals surface area contributed by atoms with Gasteiger partial charge in [0.15, 0.2) is 0 Å². The molecule has 0 saturated heterocycles. The van der Waals surface area contributed by atoms with Gasteiger partial charge in [0.25, 0.3) is 0 Å². The van der Waals surface area contributed by atoms with Crippen molar-refractivity contribution in [3.8, 4) is 5.75 Å². The lowest BCUT2D eigenvalue weighted by Crippen LogP contribution is -2.41. The molecular formula is C27H35FN2O5. The number of rotatable bonds is 10. The zero-order valence-corrected chi connectivity index (χ0v) is 20.3. The number of nitrogens with zero attached hydrogens (tertiary/aromatic N) is 1. The van der Waals surface area contributed by atoms with Crippen molar-refractivity contribution in [3.05, 3.63) is 59.9 Å². The molecule has 0 unspecified atom stereocenters. The Balaban J connectivity index is 1.62. The Morgan fingerprint density at radius 1 is 1.11 bits per heavy atom. The Labute approximate surface area is 205 Å². The van der Waals surface area contributed by atoms with Crippen LogP contribution in [0, 0.1) is 11.7 Å². The molecule has 8 heteroatoms. The molecule has 3 rings (SSSR count). The molecule has 7 nitrogen and oxygen atoms in total. The Hall–Kier alpha value is -3.13. The third-order valence-corrected chi connectivity index (χ3v) is 6.23. The molecule has 2 aromatic rings. The lowest BCUT2D eigenvalue weighted by atomic mass is 9.98. The van der Waals surface area contributed by atoms with Gasteiger partial charge in [0.2, 0.25) is 5.91 Å². The van der Waals surface area contributed by atoms with E-state index < -0.39 is 12.1 Å². The molecule has 3 N–H and O–H groups in total. The number of ether oxygens (including phenoxy) is 1. The molecule has 1 fully saturated rings.